The Bertz CT molecular complexity index is 1680. The van der Waals surface area contributed by atoms with Gasteiger partial charge in [-0.2, -0.15) is 0 Å². The number of hydrogen-bond acceptors (Lipinski definition) is 10. The molecule has 1 fully saturated rings. The first-order valence-electron chi connectivity index (χ1n) is 16.1. The van der Waals surface area contributed by atoms with Crippen molar-refractivity contribution < 1.29 is 51.8 Å². The molecule has 1 N–H and O–H groups in total. The second-order valence-corrected chi connectivity index (χ2v) is 12.8. The first-order chi connectivity index (χ1) is 24.3. The molecule has 0 aromatic heterocycles. The van der Waals surface area contributed by atoms with Crippen LogP contribution in [0.25, 0.3) is 0 Å². The number of phosphoric acid groups is 1. The topological polar surface area (TPSA) is 139 Å². The van der Waals surface area contributed by atoms with Crippen LogP contribution in [0.2, 0.25) is 0 Å². The third-order valence-corrected chi connectivity index (χ3v) is 8.78. The van der Waals surface area contributed by atoms with E-state index < -0.39 is 38.1 Å². The lowest BCUT2D eigenvalue weighted by Crippen LogP contribution is -2.46. The zero-order chi connectivity index (χ0) is 35.2. The number of phosphoric ester groups is 1. The Hall–Kier alpha value is -4.71. The molecule has 0 aliphatic carbocycles. The summed E-state index contributed by atoms with van der Waals surface area (Å²) in [4.78, 5) is 38.6. The average molecular weight is 706 g/mol. The van der Waals surface area contributed by atoms with E-state index in [0.29, 0.717) is 11.5 Å². The standard InChI is InChI=1S/C37H40NO11P/c1-43-31-17-19-32(20-18-31)45-26-33(44-23-28-11-5-2-6-12-28)27-48-50(41,42)49-34-21-22-38(37(40)47-25-30-15-9-4-10-16-30)35(34)36(39)46-24-29-13-7-3-8-14-29/h2-20,33-35H,21-27H2,1H3,(H,41,42)/t33-,34-,35-/m1/s1. The zero-order valence-electron chi connectivity index (χ0n) is 27.6. The molecule has 12 nitrogen and oxygen atoms in total. The molecule has 1 amide bonds. The molecule has 50 heavy (non-hydrogen) atoms. The Morgan fingerprint density at radius 2 is 1.30 bits per heavy atom. The molecule has 1 aliphatic heterocycles. The van der Waals surface area contributed by atoms with Gasteiger partial charge in [-0.25, -0.2) is 14.2 Å². The number of hydrogen-bond donors (Lipinski definition) is 1. The number of carbonyl (C=O) groups excluding carboxylic acids is 2. The van der Waals surface area contributed by atoms with Crippen molar-refractivity contribution in [1.82, 2.24) is 4.90 Å². The predicted octanol–water partition coefficient (Wildman–Crippen LogP) is 6.32. The first kappa shape index (κ1) is 36.6. The van der Waals surface area contributed by atoms with Gasteiger partial charge in [0, 0.05) is 6.54 Å². The lowest BCUT2D eigenvalue weighted by Gasteiger charge is -2.27. The molecule has 0 spiro atoms. The summed E-state index contributed by atoms with van der Waals surface area (Å²) < 4.78 is 52.4. The maximum absolute atomic E-state index is 13.4. The summed E-state index contributed by atoms with van der Waals surface area (Å²) in [5.41, 5.74) is 2.36. The maximum Gasteiger partial charge on any atom is 0.472 e. The Morgan fingerprint density at radius 1 is 0.760 bits per heavy atom. The Labute approximate surface area is 291 Å². The molecule has 0 bridgehead atoms. The number of nitrogens with zero attached hydrogens (tertiary/aromatic N) is 1. The smallest absolute Gasteiger partial charge is 0.472 e. The van der Waals surface area contributed by atoms with Gasteiger partial charge in [0.1, 0.15) is 43.5 Å². The minimum Gasteiger partial charge on any atom is -0.497 e. The molecular formula is C37H40NO11P. The van der Waals surface area contributed by atoms with Crippen molar-refractivity contribution in [2.75, 3.05) is 26.9 Å². The minimum absolute atomic E-state index is 0.0158. The van der Waals surface area contributed by atoms with Crippen LogP contribution in [0.4, 0.5) is 4.79 Å². The molecule has 4 aromatic carbocycles. The summed E-state index contributed by atoms with van der Waals surface area (Å²) in [7, 11) is -3.25. The van der Waals surface area contributed by atoms with Crippen molar-refractivity contribution in [2.45, 2.75) is 44.5 Å². The van der Waals surface area contributed by atoms with Crippen LogP contribution < -0.4 is 9.47 Å². The molecule has 4 atom stereocenters. The predicted molar refractivity (Wildman–Crippen MR) is 182 cm³/mol. The van der Waals surface area contributed by atoms with Gasteiger partial charge >= 0.3 is 19.9 Å². The van der Waals surface area contributed by atoms with Gasteiger partial charge in [-0.1, -0.05) is 91.0 Å². The largest absolute Gasteiger partial charge is 0.497 e. The van der Waals surface area contributed by atoms with Crippen molar-refractivity contribution in [3.05, 3.63) is 132 Å². The minimum atomic E-state index is -4.81. The fraction of sp³-hybridized carbons (Fsp3) is 0.297. The van der Waals surface area contributed by atoms with Crippen molar-refractivity contribution in [3.63, 3.8) is 0 Å². The fourth-order valence-corrected chi connectivity index (χ4v) is 6.13. The van der Waals surface area contributed by atoms with Gasteiger partial charge in [0.2, 0.25) is 0 Å². The number of ether oxygens (including phenoxy) is 5. The van der Waals surface area contributed by atoms with Crippen LogP contribution in [0.1, 0.15) is 23.1 Å². The molecule has 1 aliphatic rings. The van der Waals surface area contributed by atoms with Gasteiger partial charge in [-0.3, -0.25) is 13.9 Å². The average Bonchev–Trinajstić information content (AvgIpc) is 3.56. The van der Waals surface area contributed by atoms with Crippen molar-refractivity contribution in [1.29, 1.82) is 0 Å². The van der Waals surface area contributed by atoms with Gasteiger partial charge in [0.15, 0.2) is 6.04 Å². The normalized spacial score (nSPS) is 17.4. The van der Waals surface area contributed by atoms with Crippen LogP contribution >= 0.6 is 7.82 Å². The van der Waals surface area contributed by atoms with E-state index in [1.54, 1.807) is 67.8 Å². The van der Waals surface area contributed by atoms with Gasteiger partial charge in [0.25, 0.3) is 0 Å². The van der Waals surface area contributed by atoms with Crippen LogP contribution in [-0.4, -0.2) is 67.0 Å². The van der Waals surface area contributed by atoms with E-state index in [9.17, 15) is 19.0 Å². The Kier molecular flexibility index (Phi) is 13.4. The summed E-state index contributed by atoms with van der Waals surface area (Å²) in [6, 6.07) is 33.0. The second kappa shape index (κ2) is 18.3. The van der Waals surface area contributed by atoms with E-state index in [1.165, 1.54) is 0 Å². The van der Waals surface area contributed by atoms with Crippen molar-refractivity contribution >= 4 is 19.9 Å². The number of methoxy groups -OCH3 is 1. The highest BCUT2D eigenvalue weighted by atomic mass is 31.2. The number of esters is 1. The quantitative estimate of drug-likeness (QED) is 0.0976. The molecule has 4 aromatic rings. The van der Waals surface area contributed by atoms with Gasteiger partial charge in [-0.05, 0) is 47.4 Å². The number of rotatable bonds is 17. The summed E-state index contributed by atoms with van der Waals surface area (Å²) in [5, 5.41) is 0. The Balaban J connectivity index is 1.24. The van der Waals surface area contributed by atoms with Crippen LogP contribution in [0.15, 0.2) is 115 Å². The van der Waals surface area contributed by atoms with Crippen LogP contribution in [-0.2, 0) is 52.4 Å². The zero-order valence-corrected chi connectivity index (χ0v) is 28.5. The van der Waals surface area contributed by atoms with Gasteiger partial charge in [0.05, 0.1) is 20.3 Å². The summed E-state index contributed by atoms with van der Waals surface area (Å²) >= 11 is 0. The molecule has 264 valence electrons. The number of amides is 1. The van der Waals surface area contributed by atoms with Crippen LogP contribution in [0, 0.1) is 0 Å². The molecule has 1 saturated heterocycles. The molecule has 0 radical (unpaired) electrons. The van der Waals surface area contributed by atoms with E-state index in [1.807, 2.05) is 54.6 Å². The van der Waals surface area contributed by atoms with Gasteiger partial charge < -0.3 is 28.6 Å². The highest BCUT2D eigenvalue weighted by Gasteiger charge is 2.47. The van der Waals surface area contributed by atoms with E-state index >= 15 is 0 Å². The lowest BCUT2D eigenvalue weighted by atomic mass is 10.2. The molecule has 1 heterocycles. The van der Waals surface area contributed by atoms with Crippen LogP contribution in [0.3, 0.4) is 0 Å². The highest BCUT2D eigenvalue weighted by Crippen LogP contribution is 2.47. The highest BCUT2D eigenvalue weighted by molar-refractivity contribution is 7.47. The molecular weight excluding hydrogens is 665 g/mol. The first-order valence-corrected chi connectivity index (χ1v) is 17.5. The summed E-state index contributed by atoms with van der Waals surface area (Å²) in [6.07, 6.45) is -2.76. The third kappa shape index (κ3) is 11.2. The maximum atomic E-state index is 13.4. The van der Waals surface area contributed by atoms with E-state index in [0.717, 1.165) is 21.6 Å². The van der Waals surface area contributed by atoms with E-state index in [2.05, 4.69) is 0 Å². The van der Waals surface area contributed by atoms with Crippen LogP contribution in [0.5, 0.6) is 11.5 Å². The third-order valence-electron chi connectivity index (χ3n) is 7.76. The van der Waals surface area contributed by atoms with E-state index in [-0.39, 0.29) is 46.0 Å². The number of carbonyl (C=O) groups is 2. The Morgan fingerprint density at radius 3 is 1.88 bits per heavy atom. The lowest BCUT2D eigenvalue weighted by molar-refractivity contribution is -0.152. The fourth-order valence-electron chi connectivity index (χ4n) is 5.15. The number of likely N-dealkylation sites (tertiary alicyclic amines) is 1. The van der Waals surface area contributed by atoms with Crippen molar-refractivity contribution in [2.24, 2.45) is 0 Å². The monoisotopic (exact) mass is 705 g/mol. The molecule has 0 saturated carbocycles. The SMILES string of the molecule is COc1ccc(OC[C@H](COP(=O)(O)O[C@@H]2CCN(C(=O)OCc3ccccc3)[C@H]2C(=O)OCc2ccccc2)OCc2ccccc2)cc1. The summed E-state index contributed by atoms with van der Waals surface area (Å²) in [6.45, 7) is -0.291. The second-order valence-electron chi connectivity index (χ2n) is 11.4. The van der Waals surface area contributed by atoms with Gasteiger partial charge in [-0.15, -0.1) is 0 Å². The summed E-state index contributed by atoms with van der Waals surface area (Å²) in [5.74, 6) is 0.377. The van der Waals surface area contributed by atoms with E-state index in [4.69, 9.17) is 32.7 Å². The van der Waals surface area contributed by atoms with Crippen molar-refractivity contribution in [3.8, 4) is 11.5 Å². The molecule has 1 unspecified atom stereocenters. The molecule has 13 heteroatoms. The molecule has 5 rings (SSSR count). The number of benzene rings is 4.